The molecular formula is C19H30N4O3. The average molecular weight is 362 g/mol. The zero-order valence-corrected chi connectivity index (χ0v) is 15.8. The molecule has 0 radical (unpaired) electrons. The summed E-state index contributed by atoms with van der Waals surface area (Å²) < 4.78 is 10.4. The number of nitrogens with one attached hydrogen (secondary N) is 2. The highest BCUT2D eigenvalue weighted by molar-refractivity contribution is 5.95. The van der Waals surface area contributed by atoms with Gasteiger partial charge >= 0.3 is 0 Å². The third-order valence-corrected chi connectivity index (χ3v) is 4.19. The van der Waals surface area contributed by atoms with E-state index in [-0.39, 0.29) is 5.91 Å². The molecule has 2 rings (SSSR count). The normalized spacial score (nSPS) is 14.8. The minimum Gasteiger partial charge on any atom is -0.382 e. The fraction of sp³-hybridized carbons (Fsp3) is 0.579. The van der Waals surface area contributed by atoms with Gasteiger partial charge in [-0.05, 0) is 30.5 Å². The predicted octanol–water partition coefficient (Wildman–Crippen LogP) is 1.53. The standard InChI is InChI=1S/C19H30N4O3/c1-20-19(21-10-4-12-26-14-13-25-2)22-15-16-6-8-17(9-7-16)23-11-3-5-18(23)24/h6-9H,3-5,10-15H2,1-2H3,(H2,20,21,22). The molecule has 1 aliphatic heterocycles. The van der Waals surface area contributed by atoms with Crippen molar-refractivity contribution in [3.63, 3.8) is 0 Å². The number of guanidine groups is 1. The molecule has 1 aliphatic rings. The molecule has 2 N–H and O–H groups in total. The highest BCUT2D eigenvalue weighted by atomic mass is 16.5. The van der Waals surface area contributed by atoms with Gasteiger partial charge in [0.25, 0.3) is 0 Å². The molecule has 1 heterocycles. The third kappa shape index (κ3) is 6.65. The first-order valence-electron chi connectivity index (χ1n) is 9.15. The second-order valence-corrected chi connectivity index (χ2v) is 6.13. The highest BCUT2D eigenvalue weighted by Crippen LogP contribution is 2.21. The molecule has 0 spiro atoms. The van der Waals surface area contributed by atoms with E-state index in [1.54, 1.807) is 14.2 Å². The Morgan fingerprint density at radius 1 is 1.19 bits per heavy atom. The first-order valence-corrected chi connectivity index (χ1v) is 9.15. The Labute approximate surface area is 155 Å². The van der Waals surface area contributed by atoms with Gasteiger partial charge < -0.3 is 25.0 Å². The number of amides is 1. The molecule has 0 unspecified atom stereocenters. The Hall–Kier alpha value is -2.12. The quantitative estimate of drug-likeness (QED) is 0.375. The average Bonchev–Trinajstić information content (AvgIpc) is 3.10. The summed E-state index contributed by atoms with van der Waals surface area (Å²) in [5.74, 6) is 0.979. The maximum atomic E-state index is 11.8. The highest BCUT2D eigenvalue weighted by Gasteiger charge is 2.21. The molecule has 1 fully saturated rings. The van der Waals surface area contributed by atoms with Gasteiger partial charge in [-0.25, -0.2) is 0 Å². The van der Waals surface area contributed by atoms with Crippen LogP contribution in [0.1, 0.15) is 24.8 Å². The molecule has 144 valence electrons. The van der Waals surface area contributed by atoms with Gasteiger partial charge in [0.2, 0.25) is 5.91 Å². The lowest BCUT2D eigenvalue weighted by Crippen LogP contribution is -2.37. The van der Waals surface area contributed by atoms with Crippen LogP contribution in [-0.2, 0) is 20.8 Å². The van der Waals surface area contributed by atoms with E-state index in [2.05, 4.69) is 15.6 Å². The lowest BCUT2D eigenvalue weighted by atomic mass is 10.2. The Kier molecular flexibility index (Phi) is 8.92. The van der Waals surface area contributed by atoms with E-state index in [1.807, 2.05) is 29.2 Å². The molecule has 0 aromatic heterocycles. The van der Waals surface area contributed by atoms with Gasteiger partial charge in [-0.15, -0.1) is 0 Å². The van der Waals surface area contributed by atoms with Gasteiger partial charge in [0.15, 0.2) is 5.96 Å². The number of hydrogen-bond acceptors (Lipinski definition) is 4. The van der Waals surface area contributed by atoms with Crippen LogP contribution >= 0.6 is 0 Å². The lowest BCUT2D eigenvalue weighted by Gasteiger charge is -2.16. The van der Waals surface area contributed by atoms with Crippen molar-refractivity contribution in [2.45, 2.75) is 25.8 Å². The largest absolute Gasteiger partial charge is 0.382 e. The van der Waals surface area contributed by atoms with Crippen LogP contribution in [0.5, 0.6) is 0 Å². The van der Waals surface area contributed by atoms with E-state index in [1.165, 1.54) is 0 Å². The summed E-state index contributed by atoms with van der Waals surface area (Å²) in [6, 6.07) is 8.11. The Bertz CT molecular complexity index is 575. The Morgan fingerprint density at radius 3 is 2.65 bits per heavy atom. The van der Waals surface area contributed by atoms with Crippen molar-refractivity contribution in [3.05, 3.63) is 29.8 Å². The number of hydrogen-bond donors (Lipinski definition) is 2. The molecular weight excluding hydrogens is 332 g/mol. The second-order valence-electron chi connectivity index (χ2n) is 6.13. The Morgan fingerprint density at radius 2 is 2.00 bits per heavy atom. The number of carbonyl (C=O) groups is 1. The summed E-state index contributed by atoms with van der Waals surface area (Å²) in [6.45, 7) is 4.25. The van der Waals surface area contributed by atoms with Crippen LogP contribution in [0.3, 0.4) is 0 Å². The third-order valence-electron chi connectivity index (χ3n) is 4.19. The van der Waals surface area contributed by atoms with Crippen LogP contribution in [0.2, 0.25) is 0 Å². The minimum atomic E-state index is 0.215. The molecule has 0 saturated carbocycles. The molecule has 0 aliphatic carbocycles. The maximum absolute atomic E-state index is 11.8. The van der Waals surface area contributed by atoms with E-state index in [0.717, 1.165) is 43.1 Å². The molecule has 7 heteroatoms. The fourth-order valence-corrected chi connectivity index (χ4v) is 2.75. The molecule has 26 heavy (non-hydrogen) atoms. The summed E-state index contributed by atoms with van der Waals surface area (Å²) in [5.41, 5.74) is 2.12. The van der Waals surface area contributed by atoms with Crippen LogP contribution in [-0.4, -0.2) is 58.9 Å². The monoisotopic (exact) mass is 362 g/mol. The van der Waals surface area contributed by atoms with Crippen molar-refractivity contribution >= 4 is 17.6 Å². The number of nitrogens with zero attached hydrogens (tertiary/aromatic N) is 2. The van der Waals surface area contributed by atoms with Crippen molar-refractivity contribution < 1.29 is 14.3 Å². The zero-order valence-electron chi connectivity index (χ0n) is 15.8. The SMILES string of the molecule is CN=C(NCCCOCCOC)NCc1ccc(N2CCCC2=O)cc1. The smallest absolute Gasteiger partial charge is 0.227 e. The van der Waals surface area contributed by atoms with E-state index in [9.17, 15) is 4.79 Å². The van der Waals surface area contributed by atoms with Crippen molar-refractivity contribution in [3.8, 4) is 0 Å². The van der Waals surface area contributed by atoms with Gasteiger partial charge in [-0.2, -0.15) is 0 Å². The van der Waals surface area contributed by atoms with Crippen molar-refractivity contribution in [1.29, 1.82) is 0 Å². The van der Waals surface area contributed by atoms with Crippen LogP contribution in [0.25, 0.3) is 0 Å². The van der Waals surface area contributed by atoms with Gasteiger partial charge in [0, 0.05) is 52.5 Å². The Balaban J connectivity index is 1.67. The van der Waals surface area contributed by atoms with Crippen molar-refractivity contribution in [1.82, 2.24) is 10.6 Å². The summed E-state index contributed by atoms with van der Waals surface area (Å²) in [5, 5.41) is 6.56. The van der Waals surface area contributed by atoms with Gasteiger partial charge in [0.1, 0.15) is 0 Å². The molecule has 7 nitrogen and oxygen atoms in total. The molecule has 0 atom stereocenters. The van der Waals surface area contributed by atoms with E-state index in [0.29, 0.717) is 32.8 Å². The van der Waals surface area contributed by atoms with Crippen molar-refractivity contribution in [2.75, 3.05) is 52.0 Å². The van der Waals surface area contributed by atoms with E-state index < -0.39 is 0 Å². The van der Waals surface area contributed by atoms with Gasteiger partial charge in [-0.1, -0.05) is 12.1 Å². The zero-order chi connectivity index (χ0) is 18.6. The predicted molar refractivity (Wildman–Crippen MR) is 104 cm³/mol. The molecule has 1 saturated heterocycles. The topological polar surface area (TPSA) is 75.2 Å². The molecule has 1 amide bonds. The number of carbonyl (C=O) groups excluding carboxylic acids is 1. The molecule has 1 aromatic carbocycles. The second kappa shape index (κ2) is 11.5. The van der Waals surface area contributed by atoms with E-state index >= 15 is 0 Å². The van der Waals surface area contributed by atoms with Crippen molar-refractivity contribution in [2.24, 2.45) is 4.99 Å². The molecule has 1 aromatic rings. The lowest BCUT2D eigenvalue weighted by molar-refractivity contribution is -0.117. The van der Waals surface area contributed by atoms with Crippen LogP contribution in [0, 0.1) is 0 Å². The number of methoxy groups -OCH3 is 1. The van der Waals surface area contributed by atoms with Crippen LogP contribution < -0.4 is 15.5 Å². The number of rotatable bonds is 10. The number of ether oxygens (including phenoxy) is 2. The summed E-state index contributed by atoms with van der Waals surface area (Å²) >= 11 is 0. The molecule has 0 bridgehead atoms. The summed E-state index contributed by atoms with van der Waals surface area (Å²) in [4.78, 5) is 17.9. The summed E-state index contributed by atoms with van der Waals surface area (Å²) in [6.07, 6.45) is 2.51. The van der Waals surface area contributed by atoms with Crippen LogP contribution in [0.15, 0.2) is 29.3 Å². The minimum absolute atomic E-state index is 0.215. The maximum Gasteiger partial charge on any atom is 0.227 e. The fourth-order valence-electron chi connectivity index (χ4n) is 2.75. The van der Waals surface area contributed by atoms with Crippen LogP contribution in [0.4, 0.5) is 5.69 Å². The number of anilines is 1. The van der Waals surface area contributed by atoms with E-state index in [4.69, 9.17) is 9.47 Å². The number of benzene rings is 1. The number of aliphatic imine (C=N–C) groups is 1. The van der Waals surface area contributed by atoms with Gasteiger partial charge in [0.05, 0.1) is 13.2 Å². The first kappa shape index (κ1) is 20.2. The van der Waals surface area contributed by atoms with Gasteiger partial charge in [-0.3, -0.25) is 9.79 Å². The first-order chi connectivity index (χ1) is 12.7. The summed E-state index contributed by atoms with van der Waals surface area (Å²) in [7, 11) is 3.42.